The number of thiazole rings is 1. The van der Waals surface area contributed by atoms with Crippen molar-refractivity contribution in [1.82, 2.24) is 10.3 Å². The maximum absolute atomic E-state index is 11.8. The Morgan fingerprint density at radius 1 is 1.45 bits per heavy atom. The van der Waals surface area contributed by atoms with E-state index in [9.17, 15) is 4.79 Å². The smallest absolute Gasteiger partial charge is 0.220 e. The molecule has 0 aliphatic heterocycles. The van der Waals surface area contributed by atoms with Gasteiger partial charge in [0.25, 0.3) is 0 Å². The molecule has 0 radical (unpaired) electrons. The Morgan fingerprint density at radius 2 is 2.20 bits per heavy atom. The van der Waals surface area contributed by atoms with Gasteiger partial charge in [-0.3, -0.25) is 4.79 Å². The summed E-state index contributed by atoms with van der Waals surface area (Å²) in [5.41, 5.74) is 6.67. The molecule has 5 heteroatoms. The molecule has 1 heterocycles. The van der Waals surface area contributed by atoms with Gasteiger partial charge < -0.3 is 11.1 Å². The fourth-order valence-electron chi connectivity index (χ4n) is 2.26. The van der Waals surface area contributed by atoms with Crippen molar-refractivity contribution in [3.8, 4) is 0 Å². The number of carbonyl (C=O) groups is 1. The first-order valence-electron chi connectivity index (χ1n) is 7.40. The second kappa shape index (κ2) is 9.08. The summed E-state index contributed by atoms with van der Waals surface area (Å²) in [4.78, 5) is 16.2. The molecule has 1 aromatic heterocycles. The third-order valence-electron chi connectivity index (χ3n) is 3.55. The van der Waals surface area contributed by atoms with Gasteiger partial charge in [-0.1, -0.05) is 13.8 Å². The Kier molecular flexibility index (Phi) is 7.77. The first-order chi connectivity index (χ1) is 9.52. The molecule has 1 unspecified atom stereocenters. The highest BCUT2D eigenvalue weighted by Gasteiger charge is 2.14. The number of hydrogen-bond acceptors (Lipinski definition) is 4. The lowest BCUT2D eigenvalue weighted by molar-refractivity contribution is -0.121. The number of rotatable bonds is 9. The van der Waals surface area contributed by atoms with Crippen LogP contribution in [0, 0.1) is 18.8 Å². The van der Waals surface area contributed by atoms with Gasteiger partial charge in [0.15, 0.2) is 0 Å². The average Bonchev–Trinajstić information content (AvgIpc) is 2.80. The number of aromatic nitrogens is 1. The van der Waals surface area contributed by atoms with Gasteiger partial charge in [0.2, 0.25) is 5.91 Å². The third kappa shape index (κ3) is 6.48. The lowest BCUT2D eigenvalue weighted by Crippen LogP contribution is -2.26. The van der Waals surface area contributed by atoms with E-state index in [0.29, 0.717) is 31.3 Å². The fourth-order valence-corrected chi connectivity index (χ4v) is 3.03. The molecule has 4 nitrogen and oxygen atoms in total. The van der Waals surface area contributed by atoms with Gasteiger partial charge in [-0.25, -0.2) is 4.98 Å². The normalized spacial score (nSPS) is 12.7. The minimum atomic E-state index is 0.140. The van der Waals surface area contributed by atoms with E-state index in [1.165, 1.54) is 0 Å². The number of nitrogens with zero attached hydrogens (tertiary/aromatic N) is 1. The molecule has 0 fully saturated rings. The second-order valence-electron chi connectivity index (χ2n) is 5.60. The summed E-state index contributed by atoms with van der Waals surface area (Å²) in [7, 11) is 0. The van der Waals surface area contributed by atoms with Crippen molar-refractivity contribution in [1.29, 1.82) is 0 Å². The minimum Gasteiger partial charge on any atom is -0.356 e. The Balaban J connectivity index is 2.19. The Morgan fingerprint density at radius 3 is 2.75 bits per heavy atom. The van der Waals surface area contributed by atoms with Crippen molar-refractivity contribution in [3.05, 3.63) is 16.1 Å². The van der Waals surface area contributed by atoms with E-state index in [-0.39, 0.29) is 5.91 Å². The SMILES string of the molecule is Cc1csc(CCNC(=O)CCC(CCN)C(C)C)n1. The van der Waals surface area contributed by atoms with Crippen molar-refractivity contribution in [3.63, 3.8) is 0 Å². The molecule has 1 rings (SSSR count). The van der Waals surface area contributed by atoms with Crippen LogP contribution in [-0.4, -0.2) is 24.0 Å². The fraction of sp³-hybridized carbons (Fsp3) is 0.733. The van der Waals surface area contributed by atoms with E-state index in [1.54, 1.807) is 11.3 Å². The predicted molar refractivity (Wildman–Crippen MR) is 84.8 cm³/mol. The maximum atomic E-state index is 11.8. The summed E-state index contributed by atoms with van der Waals surface area (Å²) in [6.45, 7) is 7.76. The number of hydrogen-bond donors (Lipinski definition) is 2. The van der Waals surface area contributed by atoms with Crippen LogP contribution in [0.4, 0.5) is 0 Å². The quantitative estimate of drug-likeness (QED) is 0.736. The van der Waals surface area contributed by atoms with Crippen molar-refractivity contribution in [2.24, 2.45) is 17.6 Å². The molecule has 0 saturated carbocycles. The van der Waals surface area contributed by atoms with Crippen LogP contribution < -0.4 is 11.1 Å². The summed E-state index contributed by atoms with van der Waals surface area (Å²) >= 11 is 1.65. The molecular weight excluding hydrogens is 270 g/mol. The molecular formula is C15H27N3OS. The molecule has 0 aliphatic carbocycles. The second-order valence-corrected chi connectivity index (χ2v) is 6.55. The van der Waals surface area contributed by atoms with Gasteiger partial charge in [0.05, 0.1) is 5.01 Å². The first-order valence-corrected chi connectivity index (χ1v) is 8.28. The molecule has 0 saturated heterocycles. The van der Waals surface area contributed by atoms with Crippen molar-refractivity contribution < 1.29 is 4.79 Å². The van der Waals surface area contributed by atoms with Gasteiger partial charge in [-0.15, -0.1) is 11.3 Å². The van der Waals surface area contributed by atoms with E-state index in [1.807, 2.05) is 12.3 Å². The van der Waals surface area contributed by atoms with Crippen LogP contribution in [0.3, 0.4) is 0 Å². The summed E-state index contributed by atoms with van der Waals surface area (Å²) in [6, 6.07) is 0. The van der Waals surface area contributed by atoms with Crippen molar-refractivity contribution >= 4 is 17.2 Å². The van der Waals surface area contributed by atoms with Gasteiger partial charge in [-0.2, -0.15) is 0 Å². The van der Waals surface area contributed by atoms with Gasteiger partial charge in [0, 0.05) is 30.5 Å². The predicted octanol–water partition coefficient (Wildman–Crippen LogP) is 2.51. The van der Waals surface area contributed by atoms with Crippen LogP contribution in [0.2, 0.25) is 0 Å². The Labute approximate surface area is 126 Å². The molecule has 20 heavy (non-hydrogen) atoms. The highest BCUT2D eigenvalue weighted by Crippen LogP contribution is 2.20. The highest BCUT2D eigenvalue weighted by atomic mass is 32.1. The van der Waals surface area contributed by atoms with Crippen LogP contribution in [-0.2, 0) is 11.2 Å². The molecule has 1 amide bonds. The number of nitrogens with two attached hydrogens (primary N) is 1. The largest absolute Gasteiger partial charge is 0.356 e. The monoisotopic (exact) mass is 297 g/mol. The van der Waals surface area contributed by atoms with Crippen LogP contribution in [0.15, 0.2) is 5.38 Å². The number of nitrogens with one attached hydrogen (secondary N) is 1. The maximum Gasteiger partial charge on any atom is 0.220 e. The van der Waals surface area contributed by atoms with Gasteiger partial charge >= 0.3 is 0 Å². The summed E-state index contributed by atoms with van der Waals surface area (Å²) < 4.78 is 0. The molecule has 0 spiro atoms. The molecule has 0 aliphatic rings. The van der Waals surface area contributed by atoms with Crippen LogP contribution in [0.25, 0.3) is 0 Å². The van der Waals surface area contributed by atoms with Crippen LogP contribution in [0.1, 0.15) is 43.8 Å². The molecule has 1 aromatic rings. The zero-order valence-electron chi connectivity index (χ0n) is 12.8. The van der Waals surface area contributed by atoms with Gasteiger partial charge in [-0.05, 0) is 38.1 Å². The summed E-state index contributed by atoms with van der Waals surface area (Å²) in [5, 5.41) is 6.10. The lowest BCUT2D eigenvalue weighted by atomic mass is 9.88. The van der Waals surface area contributed by atoms with E-state index >= 15 is 0 Å². The van der Waals surface area contributed by atoms with Crippen molar-refractivity contribution in [2.75, 3.05) is 13.1 Å². The van der Waals surface area contributed by atoms with E-state index in [0.717, 1.165) is 30.0 Å². The Hall–Kier alpha value is -0.940. The number of carbonyl (C=O) groups excluding carboxylic acids is 1. The molecule has 0 bridgehead atoms. The van der Waals surface area contributed by atoms with Crippen LogP contribution in [0.5, 0.6) is 0 Å². The van der Waals surface area contributed by atoms with E-state index in [4.69, 9.17) is 5.73 Å². The van der Waals surface area contributed by atoms with Crippen LogP contribution >= 0.6 is 11.3 Å². The first kappa shape index (κ1) is 17.1. The standard InChI is InChI=1S/C15H27N3OS/c1-11(2)13(6-8-16)4-5-14(19)17-9-7-15-18-12(3)10-20-15/h10-11,13H,4-9,16H2,1-3H3,(H,17,19). The summed E-state index contributed by atoms with van der Waals surface area (Å²) in [6.07, 6.45) is 3.35. The average molecular weight is 297 g/mol. The van der Waals surface area contributed by atoms with E-state index < -0.39 is 0 Å². The van der Waals surface area contributed by atoms with Crippen molar-refractivity contribution in [2.45, 2.75) is 46.5 Å². The topological polar surface area (TPSA) is 68.0 Å². The molecule has 3 N–H and O–H groups in total. The van der Waals surface area contributed by atoms with E-state index in [2.05, 4.69) is 24.1 Å². The minimum absolute atomic E-state index is 0.140. The lowest BCUT2D eigenvalue weighted by Gasteiger charge is -2.19. The Bertz CT molecular complexity index is 404. The zero-order chi connectivity index (χ0) is 15.0. The number of amides is 1. The number of aryl methyl sites for hydroxylation is 1. The molecule has 0 aromatic carbocycles. The molecule has 114 valence electrons. The highest BCUT2D eigenvalue weighted by molar-refractivity contribution is 7.09. The third-order valence-corrected chi connectivity index (χ3v) is 4.58. The van der Waals surface area contributed by atoms with Gasteiger partial charge in [0.1, 0.15) is 0 Å². The zero-order valence-corrected chi connectivity index (χ0v) is 13.6. The summed E-state index contributed by atoms with van der Waals surface area (Å²) in [5.74, 6) is 1.28. The molecule has 1 atom stereocenters.